The third-order valence-corrected chi connectivity index (χ3v) is 4.80. The zero-order valence-corrected chi connectivity index (χ0v) is 14.2. The largest absolute Gasteiger partial charge is 0.478 e. The van der Waals surface area contributed by atoms with E-state index in [-0.39, 0.29) is 17.9 Å². The van der Waals surface area contributed by atoms with E-state index in [2.05, 4.69) is 5.32 Å². The monoisotopic (exact) mass is 347 g/mol. The summed E-state index contributed by atoms with van der Waals surface area (Å²) in [6, 6.07) is 13.3. The summed E-state index contributed by atoms with van der Waals surface area (Å²) >= 11 is 0. The molecule has 24 heavy (non-hydrogen) atoms. The molecule has 6 nitrogen and oxygen atoms in total. The molecular weight excluding hydrogens is 329 g/mol. The van der Waals surface area contributed by atoms with Crippen molar-refractivity contribution in [2.75, 3.05) is 18.6 Å². The number of carbonyl (C=O) groups is 2. The zero-order chi connectivity index (χ0) is 17.7. The van der Waals surface area contributed by atoms with Crippen LogP contribution in [-0.2, 0) is 15.9 Å². The minimum atomic E-state index is -2.79. The van der Waals surface area contributed by atoms with Gasteiger partial charge in [0.15, 0.2) is 0 Å². The van der Waals surface area contributed by atoms with Crippen LogP contribution in [-0.4, -0.2) is 30.5 Å². The first-order chi connectivity index (χ1) is 11.3. The average Bonchev–Trinajstić information content (AvgIpc) is 2.53. The van der Waals surface area contributed by atoms with Gasteiger partial charge in [-0.3, -0.25) is 5.32 Å². The highest BCUT2D eigenvalue weighted by atomic mass is 31.2. The Morgan fingerprint density at radius 1 is 1.12 bits per heavy atom. The van der Waals surface area contributed by atoms with Crippen LogP contribution in [0.15, 0.2) is 48.5 Å². The fourth-order valence-electron chi connectivity index (χ4n) is 2.09. The first kappa shape index (κ1) is 17.8. The molecule has 0 aliphatic rings. The number of carbonyl (C=O) groups excluding carboxylic acids is 1. The molecule has 0 fully saturated rings. The molecule has 0 aliphatic carbocycles. The Labute approximate surface area is 139 Å². The molecule has 0 bridgehead atoms. The van der Waals surface area contributed by atoms with Gasteiger partial charge in [0.05, 0.1) is 11.3 Å². The van der Waals surface area contributed by atoms with E-state index in [1.165, 1.54) is 31.5 Å². The minimum absolute atomic E-state index is 0.0112. The molecule has 2 aromatic rings. The summed E-state index contributed by atoms with van der Waals surface area (Å²) < 4.78 is 17.5. The van der Waals surface area contributed by atoms with Crippen molar-refractivity contribution in [3.8, 4) is 0 Å². The molecule has 2 N–H and O–H groups in total. The van der Waals surface area contributed by atoms with Crippen LogP contribution in [0, 0.1) is 0 Å². The average molecular weight is 347 g/mol. The molecule has 2 rings (SSSR count). The summed E-state index contributed by atoms with van der Waals surface area (Å²) in [5.74, 6) is -1.12. The van der Waals surface area contributed by atoms with Crippen molar-refractivity contribution < 1.29 is 24.0 Å². The summed E-state index contributed by atoms with van der Waals surface area (Å²) in [5.41, 5.74) is 1.13. The van der Waals surface area contributed by atoms with Crippen LogP contribution >= 0.6 is 7.14 Å². The topological polar surface area (TPSA) is 92.7 Å². The highest BCUT2D eigenvalue weighted by molar-refractivity contribution is 7.70. The Kier molecular flexibility index (Phi) is 5.42. The summed E-state index contributed by atoms with van der Waals surface area (Å²) in [5, 5.41) is 11.9. The number of hydrogen-bond donors (Lipinski definition) is 2. The quantitative estimate of drug-likeness (QED) is 0.809. The smallest absolute Gasteiger partial charge is 0.411 e. The standard InChI is InChI=1S/C17H18NO5P/c1-24(2,22)15-10-13(16(19)20)8-9-14(15)18-17(21)23-11-12-6-4-3-5-7-12/h3-10H,11H2,1-2H3,(H,18,21)(H,19,20). The highest BCUT2D eigenvalue weighted by Gasteiger charge is 2.20. The van der Waals surface area contributed by atoms with Crippen molar-refractivity contribution in [2.45, 2.75) is 6.61 Å². The van der Waals surface area contributed by atoms with Gasteiger partial charge < -0.3 is 14.4 Å². The fourth-order valence-corrected chi connectivity index (χ4v) is 3.25. The molecule has 0 saturated carbocycles. The van der Waals surface area contributed by atoms with Crippen LogP contribution in [0.3, 0.4) is 0 Å². The number of hydrogen-bond acceptors (Lipinski definition) is 4. The van der Waals surface area contributed by atoms with Gasteiger partial charge in [-0.1, -0.05) is 30.3 Å². The molecule has 2 aromatic carbocycles. The third-order valence-electron chi connectivity index (χ3n) is 3.27. The molecule has 7 heteroatoms. The molecule has 0 spiro atoms. The summed E-state index contributed by atoms with van der Waals surface area (Å²) in [6.07, 6.45) is -0.698. The number of ether oxygens (including phenoxy) is 1. The van der Waals surface area contributed by atoms with Gasteiger partial charge in [-0.15, -0.1) is 0 Å². The Morgan fingerprint density at radius 2 is 1.79 bits per heavy atom. The van der Waals surface area contributed by atoms with E-state index in [4.69, 9.17) is 9.84 Å². The maximum Gasteiger partial charge on any atom is 0.411 e. The van der Waals surface area contributed by atoms with E-state index in [1.807, 2.05) is 30.3 Å². The second-order valence-corrected chi connectivity index (χ2v) is 8.76. The van der Waals surface area contributed by atoms with Gasteiger partial charge in [0.1, 0.15) is 13.7 Å². The van der Waals surface area contributed by atoms with Gasteiger partial charge in [-0.25, -0.2) is 9.59 Å². The first-order valence-electron chi connectivity index (χ1n) is 7.18. The summed E-state index contributed by atoms with van der Waals surface area (Å²) in [4.78, 5) is 23.0. The number of nitrogens with one attached hydrogen (secondary N) is 1. The lowest BCUT2D eigenvalue weighted by atomic mass is 10.2. The fraction of sp³-hybridized carbons (Fsp3) is 0.176. The predicted octanol–water partition coefficient (Wildman–Crippen LogP) is 3.38. The second-order valence-electron chi connectivity index (χ2n) is 5.57. The van der Waals surface area contributed by atoms with Crippen LogP contribution in [0.2, 0.25) is 0 Å². The predicted molar refractivity (Wildman–Crippen MR) is 92.7 cm³/mol. The molecule has 0 aliphatic heterocycles. The number of rotatable bonds is 5. The Hall–Kier alpha value is -2.59. The van der Waals surface area contributed by atoms with E-state index in [0.717, 1.165) is 5.56 Å². The summed E-state index contributed by atoms with van der Waals surface area (Å²) in [6.45, 7) is 3.12. The van der Waals surface area contributed by atoms with E-state index < -0.39 is 19.2 Å². The van der Waals surface area contributed by atoms with E-state index in [1.54, 1.807) is 0 Å². The molecule has 126 valence electrons. The van der Waals surface area contributed by atoms with Gasteiger partial charge >= 0.3 is 12.1 Å². The normalized spacial score (nSPS) is 10.9. The lowest BCUT2D eigenvalue weighted by Gasteiger charge is -2.15. The maximum atomic E-state index is 12.4. The lowest BCUT2D eigenvalue weighted by molar-refractivity contribution is 0.0697. The van der Waals surface area contributed by atoms with Gasteiger partial charge in [0.25, 0.3) is 0 Å². The first-order valence-corrected chi connectivity index (χ1v) is 9.78. The number of amides is 1. The molecular formula is C17H18NO5P. The van der Waals surface area contributed by atoms with E-state index >= 15 is 0 Å². The van der Waals surface area contributed by atoms with Gasteiger partial charge in [-0.05, 0) is 37.1 Å². The van der Waals surface area contributed by atoms with Crippen molar-refractivity contribution in [3.05, 3.63) is 59.7 Å². The van der Waals surface area contributed by atoms with Crippen molar-refractivity contribution in [3.63, 3.8) is 0 Å². The number of aromatic carboxylic acids is 1. The Morgan fingerprint density at radius 3 is 2.38 bits per heavy atom. The number of carboxylic acids is 1. The molecule has 0 radical (unpaired) electrons. The van der Waals surface area contributed by atoms with Crippen LogP contribution in [0.1, 0.15) is 15.9 Å². The molecule has 0 heterocycles. The van der Waals surface area contributed by atoms with Crippen molar-refractivity contribution in [1.82, 2.24) is 0 Å². The Bertz CT molecular complexity index is 798. The van der Waals surface area contributed by atoms with Crippen molar-refractivity contribution in [1.29, 1.82) is 0 Å². The lowest BCUT2D eigenvalue weighted by Crippen LogP contribution is -2.20. The van der Waals surface area contributed by atoms with E-state index in [0.29, 0.717) is 5.30 Å². The van der Waals surface area contributed by atoms with Crippen LogP contribution in [0.4, 0.5) is 10.5 Å². The summed E-state index contributed by atoms with van der Waals surface area (Å²) in [7, 11) is -2.79. The second kappa shape index (κ2) is 7.32. The Balaban J connectivity index is 2.15. The number of carboxylic acid groups (broad SMARTS) is 1. The van der Waals surface area contributed by atoms with Crippen molar-refractivity contribution >= 4 is 30.2 Å². The highest BCUT2D eigenvalue weighted by Crippen LogP contribution is 2.38. The maximum absolute atomic E-state index is 12.4. The number of benzene rings is 2. The van der Waals surface area contributed by atoms with Gasteiger partial charge in [0.2, 0.25) is 0 Å². The zero-order valence-electron chi connectivity index (χ0n) is 13.4. The molecule has 0 atom stereocenters. The minimum Gasteiger partial charge on any atom is -0.478 e. The van der Waals surface area contributed by atoms with Crippen LogP contribution < -0.4 is 10.6 Å². The van der Waals surface area contributed by atoms with E-state index in [9.17, 15) is 14.2 Å². The molecule has 0 unspecified atom stereocenters. The molecule has 0 aromatic heterocycles. The van der Waals surface area contributed by atoms with Crippen LogP contribution in [0.5, 0.6) is 0 Å². The van der Waals surface area contributed by atoms with Crippen LogP contribution in [0.25, 0.3) is 0 Å². The third kappa shape index (κ3) is 4.70. The van der Waals surface area contributed by atoms with Gasteiger partial charge in [-0.2, -0.15) is 0 Å². The van der Waals surface area contributed by atoms with Crippen molar-refractivity contribution in [2.24, 2.45) is 0 Å². The molecule has 0 saturated heterocycles. The SMILES string of the molecule is CP(C)(=O)c1cc(C(=O)O)ccc1NC(=O)OCc1ccccc1. The molecule has 1 amide bonds. The van der Waals surface area contributed by atoms with Gasteiger partial charge in [0, 0.05) is 5.30 Å². The number of anilines is 1.